The van der Waals surface area contributed by atoms with E-state index in [1.54, 1.807) is 38.2 Å². The SMILES string of the molecule is CC(c1ccccc1F)N(C)C(=O)c1coc(CN)c1. The van der Waals surface area contributed by atoms with Gasteiger partial charge in [0.2, 0.25) is 0 Å². The molecule has 1 aromatic heterocycles. The lowest BCUT2D eigenvalue weighted by Crippen LogP contribution is -2.29. The summed E-state index contributed by atoms with van der Waals surface area (Å²) in [6.45, 7) is 2.01. The van der Waals surface area contributed by atoms with Crippen LogP contribution in [0.1, 0.15) is 34.6 Å². The zero-order valence-corrected chi connectivity index (χ0v) is 11.5. The molecule has 0 aliphatic carbocycles. The molecule has 20 heavy (non-hydrogen) atoms. The van der Waals surface area contributed by atoms with Crippen LogP contribution in [-0.4, -0.2) is 17.9 Å². The van der Waals surface area contributed by atoms with Gasteiger partial charge in [0.25, 0.3) is 5.91 Å². The number of hydrogen-bond acceptors (Lipinski definition) is 3. The van der Waals surface area contributed by atoms with Crippen LogP contribution in [0.2, 0.25) is 0 Å². The van der Waals surface area contributed by atoms with E-state index < -0.39 is 0 Å². The van der Waals surface area contributed by atoms with Crippen LogP contribution in [0, 0.1) is 5.82 Å². The van der Waals surface area contributed by atoms with E-state index in [1.807, 2.05) is 0 Å². The number of carbonyl (C=O) groups is 1. The van der Waals surface area contributed by atoms with Crippen molar-refractivity contribution in [3.05, 3.63) is 59.3 Å². The van der Waals surface area contributed by atoms with Crippen LogP contribution in [0.3, 0.4) is 0 Å². The Balaban J connectivity index is 2.20. The van der Waals surface area contributed by atoms with E-state index in [9.17, 15) is 9.18 Å². The normalized spacial score (nSPS) is 12.2. The predicted molar refractivity (Wildman–Crippen MR) is 73.5 cm³/mol. The molecule has 0 aliphatic rings. The van der Waals surface area contributed by atoms with E-state index >= 15 is 0 Å². The Morgan fingerprint density at radius 3 is 2.75 bits per heavy atom. The van der Waals surface area contributed by atoms with Gasteiger partial charge in [0, 0.05) is 12.6 Å². The van der Waals surface area contributed by atoms with E-state index in [1.165, 1.54) is 17.2 Å². The quantitative estimate of drug-likeness (QED) is 0.934. The lowest BCUT2D eigenvalue weighted by Gasteiger charge is -2.25. The van der Waals surface area contributed by atoms with Gasteiger partial charge in [-0.15, -0.1) is 0 Å². The first-order valence-electron chi connectivity index (χ1n) is 6.33. The Labute approximate surface area is 117 Å². The molecule has 0 fully saturated rings. The summed E-state index contributed by atoms with van der Waals surface area (Å²) in [5.74, 6) is -0.0148. The highest BCUT2D eigenvalue weighted by molar-refractivity contribution is 5.94. The second kappa shape index (κ2) is 5.88. The van der Waals surface area contributed by atoms with Crippen molar-refractivity contribution in [3.63, 3.8) is 0 Å². The van der Waals surface area contributed by atoms with Crippen LogP contribution in [0.4, 0.5) is 4.39 Å². The van der Waals surface area contributed by atoms with Crippen molar-refractivity contribution in [2.45, 2.75) is 19.5 Å². The summed E-state index contributed by atoms with van der Waals surface area (Å²) in [4.78, 5) is 13.8. The maximum absolute atomic E-state index is 13.8. The van der Waals surface area contributed by atoms with E-state index in [4.69, 9.17) is 10.2 Å². The lowest BCUT2D eigenvalue weighted by molar-refractivity contribution is 0.0739. The minimum Gasteiger partial charge on any atom is -0.467 e. The Morgan fingerprint density at radius 2 is 2.15 bits per heavy atom. The summed E-state index contributed by atoms with van der Waals surface area (Å²) in [7, 11) is 1.63. The lowest BCUT2D eigenvalue weighted by atomic mass is 10.1. The van der Waals surface area contributed by atoms with Crippen molar-refractivity contribution in [2.24, 2.45) is 5.73 Å². The molecular formula is C15H17FN2O2. The monoisotopic (exact) mass is 276 g/mol. The molecule has 1 atom stereocenters. The summed E-state index contributed by atoms with van der Waals surface area (Å²) in [5.41, 5.74) is 6.33. The molecule has 0 bridgehead atoms. The minimum atomic E-state index is -0.375. The number of rotatable bonds is 4. The maximum atomic E-state index is 13.8. The number of carbonyl (C=O) groups excluding carboxylic acids is 1. The largest absolute Gasteiger partial charge is 0.467 e. The number of hydrogen-bond donors (Lipinski definition) is 1. The second-order valence-corrected chi connectivity index (χ2v) is 4.62. The third kappa shape index (κ3) is 2.72. The van der Waals surface area contributed by atoms with Gasteiger partial charge in [0.05, 0.1) is 18.2 Å². The summed E-state index contributed by atoms with van der Waals surface area (Å²) >= 11 is 0. The molecular weight excluding hydrogens is 259 g/mol. The molecule has 1 heterocycles. The standard InChI is InChI=1S/C15H17FN2O2/c1-10(13-5-3-4-6-14(13)16)18(2)15(19)11-7-12(8-17)20-9-11/h3-7,9-10H,8,17H2,1-2H3. The van der Waals surface area contributed by atoms with Gasteiger partial charge >= 0.3 is 0 Å². The van der Waals surface area contributed by atoms with Gasteiger partial charge in [-0.25, -0.2) is 4.39 Å². The van der Waals surface area contributed by atoms with Crippen LogP contribution >= 0.6 is 0 Å². The highest BCUT2D eigenvalue weighted by Gasteiger charge is 2.22. The van der Waals surface area contributed by atoms with E-state index in [-0.39, 0.29) is 24.3 Å². The number of nitrogens with two attached hydrogens (primary N) is 1. The Kier molecular flexibility index (Phi) is 4.20. The Bertz CT molecular complexity index is 609. The average molecular weight is 276 g/mol. The second-order valence-electron chi connectivity index (χ2n) is 4.62. The molecule has 0 aliphatic heterocycles. The zero-order valence-electron chi connectivity index (χ0n) is 11.5. The van der Waals surface area contributed by atoms with Gasteiger partial charge in [-0.1, -0.05) is 18.2 Å². The first kappa shape index (κ1) is 14.3. The number of amides is 1. The van der Waals surface area contributed by atoms with E-state index in [0.29, 0.717) is 16.9 Å². The van der Waals surface area contributed by atoms with Crippen molar-refractivity contribution < 1.29 is 13.6 Å². The fourth-order valence-corrected chi connectivity index (χ4v) is 2.00. The van der Waals surface area contributed by atoms with Crippen LogP contribution in [0.5, 0.6) is 0 Å². The van der Waals surface area contributed by atoms with Crippen molar-refractivity contribution >= 4 is 5.91 Å². The van der Waals surface area contributed by atoms with Crippen molar-refractivity contribution in [1.29, 1.82) is 0 Å². The molecule has 0 radical (unpaired) electrons. The van der Waals surface area contributed by atoms with Gasteiger partial charge in [-0.3, -0.25) is 4.79 Å². The summed E-state index contributed by atoms with van der Waals surface area (Å²) < 4.78 is 18.9. The van der Waals surface area contributed by atoms with Crippen LogP contribution in [-0.2, 0) is 6.54 Å². The molecule has 0 saturated heterocycles. The number of halogens is 1. The van der Waals surface area contributed by atoms with Gasteiger partial charge in [-0.2, -0.15) is 0 Å². The summed E-state index contributed by atoms with van der Waals surface area (Å²) in [6.07, 6.45) is 1.37. The Morgan fingerprint density at radius 1 is 1.45 bits per heavy atom. The van der Waals surface area contributed by atoms with Crippen LogP contribution in [0.15, 0.2) is 41.0 Å². The predicted octanol–water partition coefficient (Wildman–Crippen LogP) is 2.71. The number of furan rings is 1. The van der Waals surface area contributed by atoms with Gasteiger partial charge < -0.3 is 15.1 Å². The fourth-order valence-electron chi connectivity index (χ4n) is 2.00. The van der Waals surface area contributed by atoms with Crippen molar-refractivity contribution in [1.82, 2.24) is 4.90 Å². The van der Waals surface area contributed by atoms with Crippen LogP contribution in [0.25, 0.3) is 0 Å². The molecule has 106 valence electrons. The number of benzene rings is 1. The zero-order chi connectivity index (χ0) is 14.7. The molecule has 4 nitrogen and oxygen atoms in total. The first-order chi connectivity index (χ1) is 9.54. The average Bonchev–Trinajstić information content (AvgIpc) is 2.94. The first-order valence-corrected chi connectivity index (χ1v) is 6.33. The molecule has 5 heteroatoms. The molecule has 0 spiro atoms. The van der Waals surface area contributed by atoms with E-state index in [2.05, 4.69) is 0 Å². The topological polar surface area (TPSA) is 59.5 Å². The minimum absolute atomic E-state index is 0.232. The van der Waals surface area contributed by atoms with Gasteiger partial charge in [0.1, 0.15) is 17.8 Å². The third-order valence-electron chi connectivity index (χ3n) is 3.36. The Hall–Kier alpha value is -2.14. The highest BCUT2D eigenvalue weighted by atomic mass is 19.1. The molecule has 0 saturated carbocycles. The van der Waals surface area contributed by atoms with Gasteiger partial charge in [0.15, 0.2) is 0 Å². The molecule has 2 aromatic rings. The molecule has 1 aromatic carbocycles. The smallest absolute Gasteiger partial charge is 0.257 e. The highest BCUT2D eigenvalue weighted by Crippen LogP contribution is 2.23. The van der Waals surface area contributed by atoms with Gasteiger partial charge in [-0.05, 0) is 19.1 Å². The van der Waals surface area contributed by atoms with Crippen molar-refractivity contribution in [3.8, 4) is 0 Å². The molecule has 2 N–H and O–H groups in total. The molecule has 1 unspecified atom stereocenters. The molecule has 1 amide bonds. The fraction of sp³-hybridized carbons (Fsp3) is 0.267. The number of nitrogens with zero attached hydrogens (tertiary/aromatic N) is 1. The summed E-state index contributed by atoms with van der Waals surface area (Å²) in [6, 6.07) is 7.65. The van der Waals surface area contributed by atoms with E-state index in [0.717, 1.165) is 0 Å². The van der Waals surface area contributed by atoms with Crippen molar-refractivity contribution in [2.75, 3.05) is 7.05 Å². The molecule has 2 rings (SSSR count). The summed E-state index contributed by atoms with van der Waals surface area (Å²) in [5, 5.41) is 0. The third-order valence-corrected chi connectivity index (χ3v) is 3.36. The maximum Gasteiger partial charge on any atom is 0.257 e. The van der Waals surface area contributed by atoms with Crippen LogP contribution < -0.4 is 5.73 Å².